The van der Waals surface area contributed by atoms with E-state index in [1.165, 1.54) is 32.2 Å². The monoisotopic (exact) mass is 376 g/mol. The lowest BCUT2D eigenvalue weighted by Gasteiger charge is -2.12. The number of amides is 3. The lowest BCUT2D eigenvalue weighted by Crippen LogP contribution is -2.43. The van der Waals surface area contributed by atoms with Crippen molar-refractivity contribution in [2.24, 2.45) is 0 Å². The molecule has 0 aliphatic heterocycles. The van der Waals surface area contributed by atoms with Crippen LogP contribution in [0.3, 0.4) is 0 Å². The third-order valence-corrected chi connectivity index (χ3v) is 4.82. The van der Waals surface area contributed by atoms with Crippen LogP contribution in [0, 0.1) is 0 Å². The summed E-state index contributed by atoms with van der Waals surface area (Å²) >= 11 is 3.08. The molecular formula is C12H13BrN2O5S. The lowest BCUT2D eigenvalue weighted by molar-refractivity contribution is -0.119. The van der Waals surface area contributed by atoms with E-state index in [9.17, 15) is 18.6 Å². The van der Waals surface area contributed by atoms with E-state index in [0.29, 0.717) is 4.47 Å². The molecule has 1 aromatic rings. The molecule has 2 unspecified atom stereocenters. The van der Waals surface area contributed by atoms with Crippen molar-refractivity contribution >= 4 is 44.6 Å². The predicted molar refractivity (Wildman–Crippen MR) is 79.6 cm³/mol. The Morgan fingerprint density at radius 1 is 1.33 bits per heavy atom. The van der Waals surface area contributed by atoms with E-state index in [4.69, 9.17) is 5.11 Å². The van der Waals surface area contributed by atoms with E-state index < -0.39 is 34.0 Å². The van der Waals surface area contributed by atoms with Gasteiger partial charge in [-0.2, -0.15) is 0 Å². The number of aromatic carboxylic acids is 1. The Morgan fingerprint density at radius 3 is 2.48 bits per heavy atom. The van der Waals surface area contributed by atoms with Gasteiger partial charge in [-0.05, 0) is 41.1 Å². The molecule has 1 rings (SSSR count). The first-order chi connectivity index (χ1) is 9.77. The molecule has 0 spiro atoms. The van der Waals surface area contributed by atoms with Crippen LogP contribution in [0.1, 0.15) is 17.3 Å². The van der Waals surface area contributed by atoms with Crippen LogP contribution in [-0.4, -0.2) is 39.5 Å². The number of halogens is 1. The Morgan fingerprint density at radius 2 is 1.95 bits per heavy atom. The van der Waals surface area contributed by atoms with Crippen LogP contribution in [0.4, 0.5) is 4.79 Å². The van der Waals surface area contributed by atoms with E-state index in [-0.39, 0.29) is 10.5 Å². The van der Waals surface area contributed by atoms with Crippen molar-refractivity contribution in [1.29, 1.82) is 0 Å². The summed E-state index contributed by atoms with van der Waals surface area (Å²) in [5.41, 5.74) is -0.0558. The van der Waals surface area contributed by atoms with Gasteiger partial charge in [0.05, 0.1) is 16.4 Å². The molecule has 21 heavy (non-hydrogen) atoms. The van der Waals surface area contributed by atoms with Crippen LogP contribution in [0.2, 0.25) is 0 Å². The summed E-state index contributed by atoms with van der Waals surface area (Å²) in [5, 5.41) is 12.2. The number of carboxylic acids is 1. The van der Waals surface area contributed by atoms with Gasteiger partial charge in [0, 0.05) is 16.4 Å². The minimum absolute atomic E-state index is 0.0558. The second-order valence-corrected chi connectivity index (χ2v) is 6.58. The maximum atomic E-state index is 12.3. The van der Waals surface area contributed by atoms with Crippen LogP contribution < -0.4 is 10.6 Å². The summed E-state index contributed by atoms with van der Waals surface area (Å²) in [7, 11) is -0.443. The maximum absolute atomic E-state index is 12.3. The summed E-state index contributed by atoms with van der Waals surface area (Å²) in [4.78, 5) is 34.0. The number of carbonyl (C=O) groups is 3. The molecule has 2 atom stereocenters. The van der Waals surface area contributed by atoms with Crippen molar-refractivity contribution in [3.63, 3.8) is 0 Å². The zero-order valence-corrected chi connectivity index (χ0v) is 13.6. The number of hydrogen-bond donors (Lipinski definition) is 3. The SMILES string of the molecule is CNC(=O)NC(=O)C(C)S(=O)c1ccc(Br)c(C(=O)O)c1. The number of imide groups is 1. The lowest BCUT2D eigenvalue weighted by atomic mass is 10.2. The molecule has 1 aromatic carbocycles. The van der Waals surface area contributed by atoms with Crippen molar-refractivity contribution in [3.05, 3.63) is 28.2 Å². The van der Waals surface area contributed by atoms with Gasteiger partial charge in [-0.25, -0.2) is 9.59 Å². The highest BCUT2D eigenvalue weighted by Gasteiger charge is 2.24. The summed E-state index contributed by atoms with van der Waals surface area (Å²) < 4.78 is 12.6. The smallest absolute Gasteiger partial charge is 0.336 e. The number of hydrogen-bond acceptors (Lipinski definition) is 4. The first-order valence-corrected chi connectivity index (χ1v) is 7.74. The largest absolute Gasteiger partial charge is 0.478 e. The first kappa shape index (κ1) is 17.3. The molecule has 3 amide bonds. The number of urea groups is 1. The minimum Gasteiger partial charge on any atom is -0.478 e. The fourth-order valence-electron chi connectivity index (χ4n) is 1.37. The number of nitrogens with one attached hydrogen (secondary N) is 2. The summed E-state index contributed by atoms with van der Waals surface area (Å²) in [5.74, 6) is -1.89. The van der Waals surface area contributed by atoms with Crippen molar-refractivity contribution in [1.82, 2.24) is 10.6 Å². The van der Waals surface area contributed by atoms with Gasteiger partial charge in [-0.1, -0.05) is 0 Å². The number of benzene rings is 1. The molecule has 9 heteroatoms. The quantitative estimate of drug-likeness (QED) is 0.728. The first-order valence-electron chi connectivity index (χ1n) is 5.74. The van der Waals surface area contributed by atoms with Gasteiger partial charge in [-0.3, -0.25) is 14.3 Å². The molecule has 3 N–H and O–H groups in total. The van der Waals surface area contributed by atoms with Crippen LogP contribution in [0.15, 0.2) is 27.6 Å². The summed E-state index contributed by atoms with van der Waals surface area (Å²) in [6, 6.07) is 3.42. The van der Waals surface area contributed by atoms with Crippen molar-refractivity contribution in [3.8, 4) is 0 Å². The van der Waals surface area contributed by atoms with Crippen LogP contribution in [0.25, 0.3) is 0 Å². The molecule has 0 bridgehead atoms. The molecule has 7 nitrogen and oxygen atoms in total. The Labute approximate surface area is 131 Å². The second-order valence-electron chi connectivity index (χ2n) is 3.95. The molecule has 0 heterocycles. The zero-order chi connectivity index (χ0) is 16.2. The molecule has 0 aliphatic rings. The predicted octanol–water partition coefficient (Wildman–Crippen LogP) is 1.10. The topological polar surface area (TPSA) is 113 Å². The summed E-state index contributed by atoms with van der Waals surface area (Å²) in [6.45, 7) is 1.39. The molecule has 0 saturated heterocycles. The van der Waals surface area contributed by atoms with Crippen LogP contribution >= 0.6 is 15.9 Å². The third kappa shape index (κ3) is 4.36. The van der Waals surface area contributed by atoms with Crippen molar-refractivity contribution in [2.75, 3.05) is 7.05 Å². The molecular weight excluding hydrogens is 364 g/mol. The van der Waals surface area contributed by atoms with Gasteiger partial charge in [0.1, 0.15) is 5.25 Å². The van der Waals surface area contributed by atoms with E-state index in [1.807, 2.05) is 5.32 Å². The number of carboxylic acid groups (broad SMARTS) is 1. The normalized spacial score (nSPS) is 13.1. The van der Waals surface area contributed by atoms with Gasteiger partial charge in [-0.15, -0.1) is 0 Å². The second kappa shape index (κ2) is 7.32. The standard InChI is InChI=1S/C12H13BrN2O5S/c1-6(10(16)15-12(19)14-2)21(20)7-3-4-9(13)8(5-7)11(17)18/h3-6H,1-2H3,(H,17,18)(H2,14,15,16,19). The summed E-state index contributed by atoms with van der Waals surface area (Å²) in [6.07, 6.45) is 0. The van der Waals surface area contributed by atoms with Gasteiger partial charge < -0.3 is 10.4 Å². The number of carbonyl (C=O) groups excluding carboxylic acids is 2. The van der Waals surface area contributed by atoms with Gasteiger partial charge in [0.25, 0.3) is 0 Å². The van der Waals surface area contributed by atoms with E-state index in [1.54, 1.807) is 0 Å². The van der Waals surface area contributed by atoms with Gasteiger partial charge in [0.2, 0.25) is 5.91 Å². The minimum atomic E-state index is -1.79. The number of rotatable bonds is 4. The van der Waals surface area contributed by atoms with E-state index in [0.717, 1.165) is 0 Å². The Kier molecular flexibility index (Phi) is 6.03. The van der Waals surface area contributed by atoms with Crippen LogP contribution in [-0.2, 0) is 15.6 Å². The molecule has 0 aliphatic carbocycles. The van der Waals surface area contributed by atoms with Gasteiger partial charge >= 0.3 is 12.0 Å². The Balaban J connectivity index is 2.98. The Bertz CT molecular complexity index is 620. The van der Waals surface area contributed by atoms with E-state index >= 15 is 0 Å². The highest BCUT2D eigenvalue weighted by atomic mass is 79.9. The molecule has 0 radical (unpaired) electrons. The average Bonchev–Trinajstić information content (AvgIpc) is 2.45. The average molecular weight is 377 g/mol. The molecule has 0 aromatic heterocycles. The fraction of sp³-hybridized carbons (Fsp3) is 0.250. The van der Waals surface area contributed by atoms with Crippen molar-refractivity contribution in [2.45, 2.75) is 17.1 Å². The van der Waals surface area contributed by atoms with Crippen molar-refractivity contribution < 1.29 is 23.7 Å². The Hall–Kier alpha value is -1.74. The van der Waals surface area contributed by atoms with E-state index in [2.05, 4.69) is 21.2 Å². The van der Waals surface area contributed by atoms with Crippen LogP contribution in [0.5, 0.6) is 0 Å². The maximum Gasteiger partial charge on any atom is 0.336 e. The zero-order valence-electron chi connectivity index (χ0n) is 11.2. The molecule has 0 fully saturated rings. The van der Waals surface area contributed by atoms with Gasteiger partial charge in [0.15, 0.2) is 0 Å². The highest BCUT2D eigenvalue weighted by molar-refractivity contribution is 9.10. The third-order valence-electron chi connectivity index (χ3n) is 2.55. The fourth-order valence-corrected chi connectivity index (χ4v) is 2.88. The molecule has 114 valence electrons. The molecule has 0 saturated carbocycles. The highest BCUT2D eigenvalue weighted by Crippen LogP contribution is 2.21.